The van der Waals surface area contributed by atoms with Gasteiger partial charge in [-0.1, -0.05) is 6.42 Å². The van der Waals surface area contributed by atoms with E-state index in [1.807, 2.05) is 0 Å². The zero-order valence-electron chi connectivity index (χ0n) is 13.6. The number of nitrogens with zero attached hydrogens (tertiary/aromatic N) is 1. The van der Waals surface area contributed by atoms with Gasteiger partial charge in [-0.2, -0.15) is 4.31 Å². The van der Waals surface area contributed by atoms with Gasteiger partial charge in [0, 0.05) is 30.8 Å². The molecule has 23 heavy (non-hydrogen) atoms. The number of ether oxygens (including phenoxy) is 2. The maximum atomic E-state index is 14.4. The summed E-state index contributed by atoms with van der Waals surface area (Å²) in [5.74, 6) is -0.551. The molecule has 1 aliphatic rings. The molecule has 0 saturated carbocycles. The Balaban J connectivity index is 2.50. The Morgan fingerprint density at radius 2 is 1.87 bits per heavy atom. The van der Waals surface area contributed by atoms with Gasteiger partial charge in [0.05, 0.1) is 14.2 Å². The first-order chi connectivity index (χ1) is 10.8. The summed E-state index contributed by atoms with van der Waals surface area (Å²) in [4.78, 5) is -0.414. The lowest BCUT2D eigenvalue weighted by molar-refractivity contribution is 0.226. The summed E-state index contributed by atoms with van der Waals surface area (Å²) >= 11 is 0. The standard InChI is InChI=1S/C15H23FN2O4S/c1-10(17)12-6-4-5-7-18(12)23(19,20)15-9-14(22-3)13(21-2)8-11(15)16/h8-10,12H,4-7,17H2,1-3H3. The zero-order chi connectivity index (χ0) is 17.2. The summed E-state index contributed by atoms with van der Waals surface area (Å²) in [6, 6.07) is 1.53. The molecule has 0 bridgehead atoms. The summed E-state index contributed by atoms with van der Waals surface area (Å²) in [5.41, 5.74) is 5.93. The number of piperidine rings is 1. The number of hydrogen-bond acceptors (Lipinski definition) is 5. The molecule has 8 heteroatoms. The highest BCUT2D eigenvalue weighted by molar-refractivity contribution is 7.89. The fraction of sp³-hybridized carbons (Fsp3) is 0.600. The maximum Gasteiger partial charge on any atom is 0.246 e. The van der Waals surface area contributed by atoms with E-state index in [2.05, 4.69) is 0 Å². The fourth-order valence-electron chi connectivity index (χ4n) is 2.91. The third kappa shape index (κ3) is 3.44. The number of hydrogen-bond donors (Lipinski definition) is 1. The Kier molecular flexibility index (Phi) is 5.49. The molecule has 130 valence electrons. The Labute approximate surface area is 136 Å². The minimum Gasteiger partial charge on any atom is -0.493 e. The van der Waals surface area contributed by atoms with E-state index in [0.29, 0.717) is 13.0 Å². The van der Waals surface area contributed by atoms with E-state index in [-0.39, 0.29) is 23.6 Å². The smallest absolute Gasteiger partial charge is 0.246 e. The van der Waals surface area contributed by atoms with E-state index in [1.165, 1.54) is 18.5 Å². The van der Waals surface area contributed by atoms with Crippen molar-refractivity contribution in [2.75, 3.05) is 20.8 Å². The third-order valence-corrected chi connectivity index (χ3v) is 6.07. The van der Waals surface area contributed by atoms with Crippen LogP contribution in [-0.4, -0.2) is 45.6 Å². The van der Waals surface area contributed by atoms with E-state index < -0.39 is 20.7 Å². The quantitative estimate of drug-likeness (QED) is 0.878. The van der Waals surface area contributed by atoms with Crippen LogP contribution < -0.4 is 15.2 Å². The van der Waals surface area contributed by atoms with Crippen LogP contribution in [0.3, 0.4) is 0 Å². The average molecular weight is 346 g/mol. The minimum absolute atomic E-state index is 0.145. The number of halogens is 1. The first-order valence-electron chi connectivity index (χ1n) is 7.52. The highest BCUT2D eigenvalue weighted by Gasteiger charge is 2.37. The molecule has 2 unspecified atom stereocenters. The lowest BCUT2D eigenvalue weighted by atomic mass is 10.00. The van der Waals surface area contributed by atoms with Crippen molar-refractivity contribution in [1.29, 1.82) is 0 Å². The third-order valence-electron chi connectivity index (χ3n) is 4.13. The Morgan fingerprint density at radius 3 is 2.43 bits per heavy atom. The van der Waals surface area contributed by atoms with Gasteiger partial charge in [0.1, 0.15) is 10.7 Å². The van der Waals surface area contributed by atoms with Gasteiger partial charge < -0.3 is 15.2 Å². The number of rotatable bonds is 5. The molecule has 0 aromatic heterocycles. The van der Waals surface area contributed by atoms with Crippen LogP contribution >= 0.6 is 0 Å². The molecule has 1 aromatic rings. The lowest BCUT2D eigenvalue weighted by Gasteiger charge is -2.37. The van der Waals surface area contributed by atoms with Crippen molar-refractivity contribution < 1.29 is 22.3 Å². The van der Waals surface area contributed by atoms with Crippen molar-refractivity contribution in [3.63, 3.8) is 0 Å². The predicted octanol–water partition coefficient (Wildman–Crippen LogP) is 1.73. The van der Waals surface area contributed by atoms with Crippen molar-refractivity contribution in [2.24, 2.45) is 5.73 Å². The van der Waals surface area contributed by atoms with E-state index in [9.17, 15) is 12.8 Å². The number of benzene rings is 1. The van der Waals surface area contributed by atoms with Crippen LogP contribution in [0.5, 0.6) is 11.5 Å². The first-order valence-corrected chi connectivity index (χ1v) is 8.96. The van der Waals surface area contributed by atoms with Gasteiger partial charge >= 0.3 is 0 Å². The van der Waals surface area contributed by atoms with E-state index >= 15 is 0 Å². The van der Waals surface area contributed by atoms with Crippen molar-refractivity contribution in [1.82, 2.24) is 4.31 Å². The molecule has 2 N–H and O–H groups in total. The van der Waals surface area contributed by atoms with E-state index in [1.54, 1.807) is 6.92 Å². The van der Waals surface area contributed by atoms with Gasteiger partial charge in [-0.15, -0.1) is 0 Å². The van der Waals surface area contributed by atoms with Crippen LogP contribution in [0.2, 0.25) is 0 Å². The summed E-state index contributed by atoms with van der Waals surface area (Å²) in [5, 5.41) is 0. The summed E-state index contributed by atoms with van der Waals surface area (Å²) < 4.78 is 51.6. The fourth-order valence-corrected chi connectivity index (χ4v) is 4.75. The second kappa shape index (κ2) is 7.02. The van der Waals surface area contributed by atoms with Crippen molar-refractivity contribution in [3.8, 4) is 11.5 Å². The number of methoxy groups -OCH3 is 2. The first kappa shape index (κ1) is 18.0. The van der Waals surface area contributed by atoms with Crippen LogP contribution in [0, 0.1) is 5.82 Å². The molecule has 2 rings (SSSR count). The molecule has 1 heterocycles. The largest absolute Gasteiger partial charge is 0.493 e. The molecular weight excluding hydrogens is 323 g/mol. The van der Waals surface area contributed by atoms with Gasteiger partial charge in [-0.3, -0.25) is 0 Å². The molecule has 1 fully saturated rings. The minimum atomic E-state index is -4.00. The molecule has 2 atom stereocenters. The maximum absolute atomic E-state index is 14.4. The van der Waals surface area contributed by atoms with Gasteiger partial charge in [0.15, 0.2) is 11.5 Å². The molecule has 0 aliphatic carbocycles. The Bertz CT molecular complexity index is 664. The van der Waals surface area contributed by atoms with E-state index in [4.69, 9.17) is 15.2 Å². The SMILES string of the molecule is COc1cc(F)c(S(=O)(=O)N2CCCCC2C(C)N)cc1OC. The van der Waals surface area contributed by atoms with Crippen LogP contribution in [0.4, 0.5) is 4.39 Å². The molecule has 1 aromatic carbocycles. The molecule has 1 aliphatic heterocycles. The molecule has 1 saturated heterocycles. The molecule has 0 radical (unpaired) electrons. The summed E-state index contributed by atoms with van der Waals surface area (Å²) in [6.07, 6.45) is 2.32. The van der Waals surface area contributed by atoms with Crippen LogP contribution in [0.1, 0.15) is 26.2 Å². The van der Waals surface area contributed by atoms with Crippen LogP contribution in [0.25, 0.3) is 0 Å². The van der Waals surface area contributed by atoms with Gasteiger partial charge in [-0.25, -0.2) is 12.8 Å². The van der Waals surface area contributed by atoms with Crippen LogP contribution in [0.15, 0.2) is 17.0 Å². The average Bonchev–Trinajstić information content (AvgIpc) is 2.54. The monoisotopic (exact) mass is 346 g/mol. The van der Waals surface area contributed by atoms with Crippen LogP contribution in [-0.2, 0) is 10.0 Å². The molecular formula is C15H23FN2O4S. The molecule has 0 spiro atoms. The number of sulfonamides is 1. The number of nitrogens with two attached hydrogens (primary N) is 1. The van der Waals surface area contributed by atoms with Gasteiger partial charge in [0.2, 0.25) is 10.0 Å². The summed E-state index contributed by atoms with van der Waals surface area (Å²) in [7, 11) is -1.27. The van der Waals surface area contributed by atoms with Crippen molar-refractivity contribution >= 4 is 10.0 Å². The second-order valence-corrected chi connectivity index (χ2v) is 7.53. The highest BCUT2D eigenvalue weighted by Crippen LogP contribution is 2.35. The van der Waals surface area contributed by atoms with E-state index in [0.717, 1.165) is 25.0 Å². The molecule has 6 nitrogen and oxygen atoms in total. The summed E-state index contributed by atoms with van der Waals surface area (Å²) in [6.45, 7) is 2.10. The van der Waals surface area contributed by atoms with Gasteiger partial charge in [-0.05, 0) is 19.8 Å². The van der Waals surface area contributed by atoms with Crippen molar-refractivity contribution in [2.45, 2.75) is 43.2 Å². The Hall–Kier alpha value is -1.38. The van der Waals surface area contributed by atoms with Crippen molar-refractivity contribution in [3.05, 3.63) is 17.9 Å². The predicted molar refractivity (Wildman–Crippen MR) is 84.7 cm³/mol. The highest BCUT2D eigenvalue weighted by atomic mass is 32.2. The normalized spacial score (nSPS) is 21.0. The lowest BCUT2D eigenvalue weighted by Crippen LogP contribution is -2.51. The zero-order valence-corrected chi connectivity index (χ0v) is 14.4. The topological polar surface area (TPSA) is 81.9 Å². The molecule has 0 amide bonds. The van der Waals surface area contributed by atoms with Gasteiger partial charge in [0.25, 0.3) is 0 Å². The Morgan fingerprint density at radius 1 is 1.26 bits per heavy atom. The second-order valence-electron chi connectivity index (χ2n) is 5.68.